The van der Waals surface area contributed by atoms with E-state index >= 15 is 0 Å². The van der Waals surface area contributed by atoms with E-state index in [2.05, 4.69) is 362 Å². The van der Waals surface area contributed by atoms with Crippen LogP contribution < -0.4 is 9.80 Å². The van der Waals surface area contributed by atoms with E-state index in [9.17, 15) is 0 Å². The van der Waals surface area contributed by atoms with Gasteiger partial charge in [-0.05, 0) is 184 Å². The van der Waals surface area contributed by atoms with Gasteiger partial charge in [0.25, 0.3) is 0 Å². The smallest absolute Gasteiger partial charge is 0.0720 e. The van der Waals surface area contributed by atoms with Crippen LogP contribution in [0, 0.1) is 0 Å². The molecule has 0 aromatic heterocycles. The Kier molecular flexibility index (Phi) is 12.8. The lowest BCUT2D eigenvalue weighted by Gasteiger charge is -2.35. The van der Waals surface area contributed by atoms with E-state index in [0.717, 1.165) is 56.4 Å². The average molecular weight is 1110 g/mol. The maximum Gasteiger partial charge on any atom is 0.0720 e. The maximum atomic E-state index is 2.53. The van der Waals surface area contributed by atoms with Crippen LogP contribution in [0.4, 0.5) is 34.1 Å². The molecule has 0 aliphatic heterocycles. The average Bonchev–Trinajstić information content (AvgIpc) is 1.55. The molecule has 0 fully saturated rings. The van der Waals surface area contributed by atoms with Gasteiger partial charge in [0.15, 0.2) is 0 Å². The Bertz CT molecular complexity index is 4950. The first-order valence-electron chi connectivity index (χ1n) is 30.1. The van der Waals surface area contributed by atoms with E-state index in [0.29, 0.717) is 0 Å². The SMILES string of the molecule is c1ccc(-c2ccc(N(c3ccccc3)c3ccc4cc5c(cc4c3)C(c3ccccc3)(c3ccccc3)c3c-5c4ccccc4c4cc(N(c5ccccc5)c5ccc(-c6ccccc6)cc5-c5ccccc5)ccc34)c(-c3ccccc3)c2)cc1. The predicted octanol–water partition coefficient (Wildman–Crippen LogP) is 23.1. The van der Waals surface area contributed by atoms with Crippen LogP contribution in [-0.2, 0) is 5.41 Å². The summed E-state index contributed by atoms with van der Waals surface area (Å²) in [6.45, 7) is 0. The van der Waals surface area contributed by atoms with Gasteiger partial charge in [-0.1, -0.05) is 267 Å². The molecule has 0 radical (unpaired) electrons. The van der Waals surface area contributed by atoms with Crippen LogP contribution in [0.1, 0.15) is 22.3 Å². The van der Waals surface area contributed by atoms with Crippen molar-refractivity contribution in [3.05, 3.63) is 374 Å². The highest BCUT2D eigenvalue weighted by Crippen LogP contribution is 2.61. The Morgan fingerprint density at radius 2 is 0.632 bits per heavy atom. The fourth-order valence-electron chi connectivity index (χ4n) is 14.0. The third-order valence-corrected chi connectivity index (χ3v) is 17.8. The standard InChI is InChI=1S/C85H58N2/c1-9-27-59(28-10-1)63-46-51-81(76(54-63)61-31-13-3-14-32-61)86(69-39-21-7-22-40-69)71-48-45-65-56-79-80(57-66(65)53-71)85(67-35-17-5-18-36-67,68-37-19-6-20-38-68)84-75-50-49-72(58-78(75)73-43-25-26-44-74(73)83(79)84)87(70-41-23-8-24-42-70)82-52-47-64(60-29-11-2-12-30-60)55-77(82)62-33-15-4-16-34-62/h1-58H. The van der Waals surface area contributed by atoms with Crippen molar-refractivity contribution in [1.29, 1.82) is 0 Å². The number of para-hydroxylation sites is 2. The largest absolute Gasteiger partial charge is 0.310 e. The van der Waals surface area contributed by atoms with E-state index in [1.807, 2.05) is 0 Å². The van der Waals surface area contributed by atoms with Gasteiger partial charge in [-0.3, -0.25) is 0 Å². The lowest BCUT2D eigenvalue weighted by atomic mass is 9.66. The van der Waals surface area contributed by atoms with Gasteiger partial charge >= 0.3 is 0 Å². The molecule has 0 unspecified atom stereocenters. The summed E-state index contributed by atoms with van der Waals surface area (Å²) < 4.78 is 0. The summed E-state index contributed by atoms with van der Waals surface area (Å²) in [6, 6.07) is 130. The zero-order valence-electron chi connectivity index (χ0n) is 47.9. The summed E-state index contributed by atoms with van der Waals surface area (Å²) in [5, 5.41) is 7.22. The van der Waals surface area contributed by atoms with Crippen molar-refractivity contribution in [2.75, 3.05) is 9.80 Å². The highest BCUT2D eigenvalue weighted by molar-refractivity contribution is 6.21. The third-order valence-electron chi connectivity index (χ3n) is 17.8. The van der Waals surface area contributed by atoms with Gasteiger partial charge in [0.2, 0.25) is 0 Å². The first-order chi connectivity index (χ1) is 43.2. The molecule has 0 saturated heterocycles. The normalized spacial score (nSPS) is 12.2. The second-order valence-electron chi connectivity index (χ2n) is 22.7. The van der Waals surface area contributed by atoms with Crippen molar-refractivity contribution in [2.45, 2.75) is 5.41 Å². The Labute approximate surface area is 508 Å². The number of hydrogen-bond donors (Lipinski definition) is 0. The summed E-state index contributed by atoms with van der Waals surface area (Å²) in [5.74, 6) is 0. The third kappa shape index (κ3) is 8.80. The van der Waals surface area contributed by atoms with E-state index < -0.39 is 5.41 Å². The van der Waals surface area contributed by atoms with Crippen molar-refractivity contribution in [2.24, 2.45) is 0 Å². The van der Waals surface area contributed by atoms with E-state index in [-0.39, 0.29) is 0 Å². The Morgan fingerprint density at radius 3 is 1.13 bits per heavy atom. The molecule has 0 atom stereocenters. The number of fused-ring (bicyclic) bond motifs is 9. The molecule has 15 aromatic carbocycles. The molecular weight excluding hydrogens is 1050 g/mol. The van der Waals surface area contributed by atoms with Gasteiger partial charge in [-0.25, -0.2) is 0 Å². The molecule has 0 saturated carbocycles. The monoisotopic (exact) mass is 1110 g/mol. The quantitative estimate of drug-likeness (QED) is 0.113. The molecule has 1 aliphatic rings. The zero-order valence-corrected chi connectivity index (χ0v) is 47.9. The second kappa shape index (κ2) is 21.7. The molecule has 87 heavy (non-hydrogen) atoms. The minimum atomic E-state index is -0.721. The summed E-state index contributed by atoms with van der Waals surface area (Å²) >= 11 is 0. The van der Waals surface area contributed by atoms with Crippen LogP contribution in [0.25, 0.3) is 88.0 Å². The molecule has 0 spiro atoms. The summed E-state index contributed by atoms with van der Waals surface area (Å²) in [4.78, 5) is 4.90. The molecular formula is C85H58N2. The van der Waals surface area contributed by atoms with Crippen molar-refractivity contribution >= 4 is 66.4 Å². The summed E-state index contributed by atoms with van der Waals surface area (Å²) in [6.07, 6.45) is 0. The van der Waals surface area contributed by atoms with Crippen molar-refractivity contribution in [1.82, 2.24) is 0 Å². The Morgan fingerprint density at radius 1 is 0.218 bits per heavy atom. The zero-order chi connectivity index (χ0) is 57.7. The van der Waals surface area contributed by atoms with Crippen LogP contribution >= 0.6 is 0 Å². The van der Waals surface area contributed by atoms with E-state index in [1.165, 1.54) is 88.0 Å². The van der Waals surface area contributed by atoms with Gasteiger partial charge in [-0.15, -0.1) is 0 Å². The molecule has 2 heteroatoms. The molecule has 15 aromatic rings. The minimum Gasteiger partial charge on any atom is -0.310 e. The molecule has 0 heterocycles. The van der Waals surface area contributed by atoms with Gasteiger partial charge in [0.05, 0.1) is 16.8 Å². The first-order valence-corrected chi connectivity index (χ1v) is 30.1. The molecule has 0 bridgehead atoms. The molecule has 2 nitrogen and oxygen atoms in total. The molecule has 408 valence electrons. The number of hydrogen-bond acceptors (Lipinski definition) is 2. The Hall–Kier alpha value is -11.3. The molecule has 1 aliphatic carbocycles. The van der Waals surface area contributed by atoms with Crippen molar-refractivity contribution in [3.8, 4) is 55.6 Å². The lowest BCUT2D eigenvalue weighted by molar-refractivity contribution is 0.777. The molecule has 0 N–H and O–H groups in total. The van der Waals surface area contributed by atoms with Crippen LogP contribution in [0.5, 0.6) is 0 Å². The first kappa shape index (κ1) is 51.3. The van der Waals surface area contributed by atoms with Gasteiger partial charge in [0, 0.05) is 33.9 Å². The van der Waals surface area contributed by atoms with E-state index in [1.54, 1.807) is 0 Å². The van der Waals surface area contributed by atoms with Gasteiger partial charge in [-0.2, -0.15) is 0 Å². The van der Waals surface area contributed by atoms with Crippen molar-refractivity contribution in [3.63, 3.8) is 0 Å². The van der Waals surface area contributed by atoms with Gasteiger partial charge in [0.1, 0.15) is 0 Å². The summed E-state index contributed by atoms with van der Waals surface area (Å²) in [5.41, 5.74) is 22.7. The fraction of sp³-hybridized carbons (Fsp3) is 0.0118. The topological polar surface area (TPSA) is 6.48 Å². The number of rotatable bonds is 12. The molecule has 16 rings (SSSR count). The fourth-order valence-corrected chi connectivity index (χ4v) is 14.0. The Balaban J connectivity index is 0.941. The van der Waals surface area contributed by atoms with Crippen LogP contribution in [0.2, 0.25) is 0 Å². The minimum absolute atomic E-state index is 0.721. The van der Waals surface area contributed by atoms with Crippen LogP contribution in [0.15, 0.2) is 352 Å². The number of nitrogens with zero attached hydrogens (tertiary/aromatic N) is 2. The predicted molar refractivity (Wildman–Crippen MR) is 367 cm³/mol. The van der Waals surface area contributed by atoms with Crippen LogP contribution in [0.3, 0.4) is 0 Å². The summed E-state index contributed by atoms with van der Waals surface area (Å²) in [7, 11) is 0. The van der Waals surface area contributed by atoms with Crippen LogP contribution in [-0.4, -0.2) is 0 Å². The lowest BCUT2D eigenvalue weighted by Crippen LogP contribution is -2.29. The van der Waals surface area contributed by atoms with Gasteiger partial charge < -0.3 is 9.80 Å². The highest BCUT2D eigenvalue weighted by Gasteiger charge is 2.48. The number of benzene rings is 15. The van der Waals surface area contributed by atoms with E-state index in [4.69, 9.17) is 0 Å². The second-order valence-corrected chi connectivity index (χ2v) is 22.7. The highest BCUT2D eigenvalue weighted by atomic mass is 15.1. The molecule has 0 amide bonds. The maximum absolute atomic E-state index is 2.53. The van der Waals surface area contributed by atoms with Crippen molar-refractivity contribution < 1.29 is 0 Å². The number of anilines is 6.